The van der Waals surface area contributed by atoms with E-state index in [0.29, 0.717) is 5.56 Å². The van der Waals surface area contributed by atoms with Gasteiger partial charge in [0.05, 0.1) is 6.10 Å². The molecule has 0 radical (unpaired) electrons. The average molecular weight is 220 g/mol. The maximum Gasteiger partial charge on any atom is 0.129 e. The Bertz CT molecular complexity index is 393. The Balaban J connectivity index is 2.15. The Morgan fingerprint density at radius 3 is 3.12 bits per heavy atom. The number of rotatable bonds is 3. The van der Waals surface area contributed by atoms with E-state index in [1.165, 1.54) is 0 Å². The number of nitrogen functional groups attached to an aromatic ring is 1. The Morgan fingerprint density at radius 2 is 2.50 bits per heavy atom. The van der Waals surface area contributed by atoms with Crippen LogP contribution in [0.5, 0.6) is 0 Å². The van der Waals surface area contributed by atoms with Gasteiger partial charge in [0.1, 0.15) is 11.7 Å². The van der Waals surface area contributed by atoms with E-state index in [0.717, 1.165) is 25.3 Å². The lowest BCUT2D eigenvalue weighted by atomic mass is 10.2. The summed E-state index contributed by atoms with van der Waals surface area (Å²) in [5, 5.41) is 7.39. The van der Waals surface area contributed by atoms with Crippen LogP contribution in [-0.2, 0) is 4.74 Å². The second-order valence-electron chi connectivity index (χ2n) is 3.91. The summed E-state index contributed by atoms with van der Waals surface area (Å²) in [6.45, 7) is 1.79. The van der Waals surface area contributed by atoms with Crippen LogP contribution in [0.2, 0.25) is 0 Å². The summed E-state index contributed by atoms with van der Waals surface area (Å²) in [5.74, 6) is 0.943. The molecule has 1 aromatic rings. The largest absolute Gasteiger partial charge is 0.384 e. The van der Waals surface area contributed by atoms with Crippen LogP contribution in [0.1, 0.15) is 12.0 Å². The van der Waals surface area contributed by atoms with Gasteiger partial charge < -0.3 is 15.4 Å². The minimum absolute atomic E-state index is 0.0751. The van der Waals surface area contributed by atoms with Crippen molar-refractivity contribution >= 4 is 11.7 Å². The fourth-order valence-electron chi connectivity index (χ4n) is 1.89. The van der Waals surface area contributed by atoms with Gasteiger partial charge >= 0.3 is 0 Å². The van der Waals surface area contributed by atoms with Gasteiger partial charge in [-0.05, 0) is 18.6 Å². The van der Waals surface area contributed by atoms with Gasteiger partial charge in [0.15, 0.2) is 0 Å². The van der Waals surface area contributed by atoms with E-state index in [4.69, 9.17) is 15.9 Å². The molecule has 1 aromatic heterocycles. The van der Waals surface area contributed by atoms with E-state index >= 15 is 0 Å². The van der Waals surface area contributed by atoms with E-state index in [1.54, 1.807) is 19.4 Å². The topological polar surface area (TPSA) is 75.2 Å². The van der Waals surface area contributed by atoms with Crippen molar-refractivity contribution in [2.45, 2.75) is 12.5 Å². The van der Waals surface area contributed by atoms with Crippen LogP contribution in [0, 0.1) is 5.41 Å². The smallest absolute Gasteiger partial charge is 0.129 e. The molecule has 0 aliphatic carbocycles. The van der Waals surface area contributed by atoms with Crippen LogP contribution in [0.15, 0.2) is 18.3 Å². The molecule has 1 saturated heterocycles. The molecule has 1 unspecified atom stereocenters. The Labute approximate surface area is 94.7 Å². The molecule has 1 atom stereocenters. The highest BCUT2D eigenvalue weighted by atomic mass is 16.5. The quantitative estimate of drug-likeness (QED) is 0.577. The van der Waals surface area contributed by atoms with Crippen LogP contribution in [-0.4, -0.2) is 37.1 Å². The normalized spacial score (nSPS) is 20.1. The van der Waals surface area contributed by atoms with Crippen molar-refractivity contribution in [2.24, 2.45) is 5.73 Å². The second-order valence-corrected chi connectivity index (χ2v) is 3.91. The third-order valence-electron chi connectivity index (χ3n) is 2.86. The van der Waals surface area contributed by atoms with Gasteiger partial charge in [-0.3, -0.25) is 5.41 Å². The molecule has 2 heterocycles. The van der Waals surface area contributed by atoms with Gasteiger partial charge in [-0.25, -0.2) is 4.98 Å². The lowest BCUT2D eigenvalue weighted by Gasteiger charge is -2.17. The van der Waals surface area contributed by atoms with Crippen LogP contribution < -0.4 is 10.6 Å². The number of aromatic nitrogens is 1. The van der Waals surface area contributed by atoms with E-state index in [1.807, 2.05) is 6.07 Å². The van der Waals surface area contributed by atoms with Crippen molar-refractivity contribution in [2.75, 3.05) is 25.1 Å². The van der Waals surface area contributed by atoms with Crippen LogP contribution in [0.4, 0.5) is 5.82 Å². The average Bonchev–Trinajstić information content (AvgIpc) is 2.77. The molecule has 16 heavy (non-hydrogen) atoms. The molecule has 0 saturated carbocycles. The zero-order valence-electron chi connectivity index (χ0n) is 9.31. The molecule has 0 amide bonds. The van der Waals surface area contributed by atoms with Crippen LogP contribution in [0.25, 0.3) is 0 Å². The van der Waals surface area contributed by atoms with Gasteiger partial charge in [-0.1, -0.05) is 0 Å². The van der Waals surface area contributed by atoms with Crippen molar-refractivity contribution in [1.82, 2.24) is 4.98 Å². The molecule has 5 nitrogen and oxygen atoms in total. The fourth-order valence-corrected chi connectivity index (χ4v) is 1.89. The number of hydrogen-bond donors (Lipinski definition) is 2. The van der Waals surface area contributed by atoms with E-state index in [2.05, 4.69) is 9.88 Å². The molecule has 0 aromatic carbocycles. The highest BCUT2D eigenvalue weighted by molar-refractivity contribution is 5.95. The summed E-state index contributed by atoms with van der Waals surface area (Å²) in [7, 11) is 1.73. The number of ether oxygens (including phenoxy) is 1. The molecular weight excluding hydrogens is 204 g/mol. The molecule has 2 rings (SSSR count). The molecule has 5 heteroatoms. The maximum atomic E-state index is 7.39. The molecule has 1 fully saturated rings. The molecule has 0 bridgehead atoms. The zero-order chi connectivity index (χ0) is 11.5. The predicted octanol–water partition coefficient (Wildman–Crippen LogP) is 0.591. The molecule has 1 aliphatic heterocycles. The molecular formula is C11H16N4O. The first-order valence-corrected chi connectivity index (χ1v) is 5.29. The maximum absolute atomic E-state index is 7.39. The molecule has 1 aliphatic rings. The first-order valence-electron chi connectivity index (χ1n) is 5.29. The number of hydrogen-bond acceptors (Lipinski definition) is 4. The number of methoxy groups -OCH3 is 1. The molecule has 0 spiro atoms. The van der Waals surface area contributed by atoms with Crippen molar-refractivity contribution in [3.8, 4) is 0 Å². The number of amidine groups is 1. The number of nitrogens with two attached hydrogens (primary N) is 1. The van der Waals surface area contributed by atoms with E-state index in [9.17, 15) is 0 Å². The fraction of sp³-hybridized carbons (Fsp3) is 0.455. The number of nitrogens with zero attached hydrogens (tertiary/aromatic N) is 2. The third kappa shape index (κ3) is 2.14. The van der Waals surface area contributed by atoms with Crippen molar-refractivity contribution in [1.29, 1.82) is 5.41 Å². The summed E-state index contributed by atoms with van der Waals surface area (Å²) in [4.78, 5) is 6.44. The SMILES string of the molecule is COC1CCN(c2cc(C(=N)N)ccn2)C1. The van der Waals surface area contributed by atoms with Gasteiger partial charge in [0.2, 0.25) is 0 Å². The summed E-state index contributed by atoms with van der Waals surface area (Å²) >= 11 is 0. The van der Waals surface area contributed by atoms with Crippen molar-refractivity contribution < 1.29 is 4.74 Å². The van der Waals surface area contributed by atoms with Gasteiger partial charge in [-0.15, -0.1) is 0 Å². The third-order valence-corrected chi connectivity index (χ3v) is 2.86. The predicted molar refractivity (Wildman–Crippen MR) is 62.9 cm³/mol. The van der Waals surface area contributed by atoms with Crippen LogP contribution >= 0.6 is 0 Å². The Hall–Kier alpha value is -1.62. The Morgan fingerprint density at radius 1 is 1.69 bits per heavy atom. The second kappa shape index (κ2) is 4.49. The first kappa shape index (κ1) is 10.9. The van der Waals surface area contributed by atoms with Crippen molar-refractivity contribution in [3.05, 3.63) is 23.9 Å². The zero-order valence-corrected chi connectivity index (χ0v) is 9.31. The summed E-state index contributed by atoms with van der Waals surface area (Å²) in [6, 6.07) is 3.59. The van der Waals surface area contributed by atoms with Gasteiger partial charge in [0, 0.05) is 32.0 Å². The lowest BCUT2D eigenvalue weighted by Crippen LogP contribution is -2.23. The van der Waals surface area contributed by atoms with Crippen LogP contribution in [0.3, 0.4) is 0 Å². The number of nitrogens with one attached hydrogen (secondary N) is 1. The first-order chi connectivity index (χ1) is 7.70. The minimum atomic E-state index is 0.0751. The van der Waals surface area contributed by atoms with Crippen molar-refractivity contribution in [3.63, 3.8) is 0 Å². The number of pyridine rings is 1. The van der Waals surface area contributed by atoms with Gasteiger partial charge in [-0.2, -0.15) is 0 Å². The summed E-state index contributed by atoms with van der Waals surface area (Å²) in [5.41, 5.74) is 6.16. The monoisotopic (exact) mass is 220 g/mol. The minimum Gasteiger partial charge on any atom is -0.384 e. The van der Waals surface area contributed by atoms with E-state index < -0.39 is 0 Å². The highest BCUT2D eigenvalue weighted by Crippen LogP contribution is 2.20. The van der Waals surface area contributed by atoms with Gasteiger partial charge in [0.25, 0.3) is 0 Å². The molecule has 3 N–H and O–H groups in total. The standard InChI is InChI=1S/C11H16N4O/c1-16-9-3-5-15(7-9)10-6-8(11(12)13)2-4-14-10/h2,4,6,9H,3,5,7H2,1H3,(H3,12,13). The lowest BCUT2D eigenvalue weighted by molar-refractivity contribution is 0.121. The highest BCUT2D eigenvalue weighted by Gasteiger charge is 2.23. The van der Waals surface area contributed by atoms with E-state index in [-0.39, 0.29) is 11.9 Å². The summed E-state index contributed by atoms with van der Waals surface area (Å²) < 4.78 is 5.30. The summed E-state index contributed by atoms with van der Waals surface area (Å²) in [6.07, 6.45) is 2.98. The number of anilines is 1. The Kier molecular flexibility index (Phi) is 3.05. The molecule has 86 valence electrons.